The van der Waals surface area contributed by atoms with E-state index in [1.165, 1.54) is 0 Å². The average molecular weight is 543 g/mol. The molecule has 2 N–H and O–H groups in total. The van der Waals surface area contributed by atoms with Gasteiger partial charge in [0.2, 0.25) is 11.7 Å². The highest BCUT2D eigenvalue weighted by Gasteiger charge is 2.38. The summed E-state index contributed by atoms with van der Waals surface area (Å²) in [4.78, 5) is 30.0. The van der Waals surface area contributed by atoms with Gasteiger partial charge in [-0.15, -0.1) is 0 Å². The van der Waals surface area contributed by atoms with E-state index in [0.717, 1.165) is 21.9 Å². The Labute approximate surface area is 231 Å². The molecule has 1 aliphatic carbocycles. The number of rotatable bonds is 8. The Hall–Kier alpha value is -4.49. The second kappa shape index (κ2) is 11.3. The van der Waals surface area contributed by atoms with Crippen molar-refractivity contribution in [3.05, 3.63) is 71.3 Å². The van der Waals surface area contributed by atoms with Crippen LogP contribution in [0.2, 0.25) is 0 Å². The fourth-order valence-corrected chi connectivity index (χ4v) is 5.47. The van der Waals surface area contributed by atoms with Crippen molar-refractivity contribution in [2.45, 2.75) is 45.3 Å². The molecule has 1 aliphatic heterocycles. The van der Waals surface area contributed by atoms with Gasteiger partial charge in [0.15, 0.2) is 0 Å². The smallest absolute Gasteiger partial charge is 0.308 e. The first-order chi connectivity index (χ1) is 19.2. The van der Waals surface area contributed by atoms with Gasteiger partial charge in [-0.2, -0.15) is 10.2 Å². The number of fused-ring (bicyclic) bond motifs is 1. The molecule has 2 heterocycles. The highest BCUT2D eigenvalue weighted by molar-refractivity contribution is 5.97. The summed E-state index contributed by atoms with van der Waals surface area (Å²) in [6, 6.07) is 14.0. The van der Waals surface area contributed by atoms with Crippen molar-refractivity contribution in [3.63, 3.8) is 0 Å². The zero-order valence-corrected chi connectivity index (χ0v) is 22.3. The van der Waals surface area contributed by atoms with E-state index in [0.29, 0.717) is 42.6 Å². The molecule has 2 aromatic carbocycles. The molecule has 40 heavy (non-hydrogen) atoms. The predicted octanol–water partition coefficient (Wildman–Crippen LogP) is 4.74. The lowest BCUT2D eigenvalue weighted by atomic mass is 9.85. The van der Waals surface area contributed by atoms with E-state index in [4.69, 9.17) is 9.26 Å². The topological polar surface area (TPSA) is 150 Å². The molecule has 1 aromatic heterocycles. The summed E-state index contributed by atoms with van der Waals surface area (Å²) in [5.74, 6) is -2.80. The number of hydrogen-bond acceptors (Lipinski definition) is 8. The molecule has 5 rings (SSSR count). The fourth-order valence-electron chi connectivity index (χ4n) is 5.47. The first-order valence-electron chi connectivity index (χ1n) is 13.3. The Morgan fingerprint density at radius 2 is 1.90 bits per heavy atom. The lowest BCUT2D eigenvalue weighted by Crippen LogP contribution is -2.46. The molecule has 0 amide bonds. The number of aromatic nitrogens is 2. The number of aliphatic carboxylic acids is 2. The Morgan fingerprint density at radius 3 is 2.60 bits per heavy atom. The second-order valence-corrected chi connectivity index (χ2v) is 10.5. The first-order valence-corrected chi connectivity index (χ1v) is 13.3. The Balaban J connectivity index is 1.38. The van der Waals surface area contributed by atoms with E-state index >= 15 is 0 Å². The molecule has 0 radical (unpaired) electrons. The summed E-state index contributed by atoms with van der Waals surface area (Å²) in [6.07, 6.45) is 4.36. The van der Waals surface area contributed by atoms with E-state index in [1.807, 2.05) is 61.2 Å². The van der Waals surface area contributed by atoms with Crippen LogP contribution in [0.5, 0.6) is 0 Å². The zero-order valence-electron chi connectivity index (χ0n) is 22.3. The van der Waals surface area contributed by atoms with Crippen molar-refractivity contribution >= 4 is 22.7 Å². The van der Waals surface area contributed by atoms with Gasteiger partial charge < -0.3 is 19.5 Å². The van der Waals surface area contributed by atoms with Gasteiger partial charge >= 0.3 is 11.9 Å². The lowest BCUT2D eigenvalue weighted by molar-refractivity contribution is -0.157. The van der Waals surface area contributed by atoms with Crippen LogP contribution in [-0.2, 0) is 20.9 Å². The van der Waals surface area contributed by atoms with Gasteiger partial charge in [-0.3, -0.25) is 14.5 Å². The first kappa shape index (κ1) is 27.1. The molecular formula is C30H30N4O6. The van der Waals surface area contributed by atoms with Gasteiger partial charge in [-0.1, -0.05) is 47.6 Å². The van der Waals surface area contributed by atoms with Gasteiger partial charge in [0.05, 0.1) is 35.5 Å². The van der Waals surface area contributed by atoms with E-state index in [2.05, 4.69) is 16.2 Å². The summed E-state index contributed by atoms with van der Waals surface area (Å²) in [7, 11) is 0. The van der Waals surface area contributed by atoms with E-state index in [-0.39, 0.29) is 25.0 Å². The van der Waals surface area contributed by atoms with Gasteiger partial charge in [-0.05, 0) is 49.2 Å². The number of carbonyl (C=O) groups is 2. The van der Waals surface area contributed by atoms with Crippen LogP contribution < -0.4 is 0 Å². The third-order valence-electron chi connectivity index (χ3n) is 7.44. The summed E-state index contributed by atoms with van der Waals surface area (Å²) >= 11 is 0. The second-order valence-electron chi connectivity index (χ2n) is 10.5. The molecule has 0 saturated carbocycles. The summed E-state index contributed by atoms with van der Waals surface area (Å²) < 4.78 is 11.4. The van der Waals surface area contributed by atoms with Crippen LogP contribution in [0.25, 0.3) is 22.2 Å². The van der Waals surface area contributed by atoms with Crippen LogP contribution in [-0.4, -0.2) is 56.4 Å². The van der Waals surface area contributed by atoms with Crippen molar-refractivity contribution < 1.29 is 29.1 Å². The van der Waals surface area contributed by atoms with Crippen LogP contribution in [0.15, 0.2) is 64.4 Å². The van der Waals surface area contributed by atoms with Gasteiger partial charge in [0.25, 0.3) is 0 Å². The zero-order chi connectivity index (χ0) is 28.4. The predicted molar refractivity (Wildman–Crippen MR) is 145 cm³/mol. The van der Waals surface area contributed by atoms with E-state index in [1.54, 1.807) is 6.08 Å². The molecule has 0 spiro atoms. The highest BCUT2D eigenvalue weighted by Crippen LogP contribution is 2.35. The molecule has 10 nitrogen and oxygen atoms in total. The van der Waals surface area contributed by atoms with Crippen LogP contribution in [0.3, 0.4) is 0 Å². The van der Waals surface area contributed by atoms with E-state index in [9.17, 15) is 25.1 Å². The number of nitriles is 1. The molecule has 206 valence electrons. The Morgan fingerprint density at radius 1 is 1.15 bits per heavy atom. The Kier molecular flexibility index (Phi) is 7.67. The maximum Gasteiger partial charge on any atom is 0.308 e. The van der Waals surface area contributed by atoms with Gasteiger partial charge in [0, 0.05) is 25.1 Å². The molecule has 3 unspecified atom stereocenters. The number of nitrogens with zero attached hydrogens (tertiary/aromatic N) is 4. The van der Waals surface area contributed by atoms with Gasteiger partial charge in [0.1, 0.15) is 5.76 Å². The molecule has 1 fully saturated rings. The maximum atomic E-state index is 11.7. The van der Waals surface area contributed by atoms with Crippen molar-refractivity contribution in [2.24, 2.45) is 11.8 Å². The monoisotopic (exact) mass is 542 g/mol. The summed E-state index contributed by atoms with van der Waals surface area (Å²) in [6.45, 7) is 4.99. The molecule has 3 atom stereocenters. The number of piperidine rings is 1. The van der Waals surface area contributed by atoms with Crippen LogP contribution in [0, 0.1) is 23.2 Å². The standard InChI is InChI=1S/C30H30N4O6/c1-17(2)39-26-10-8-18(13-20(26)14-31)28-32-27(33-40-28)23-9-7-19(21-5-3-4-6-22(21)23)15-34-12-11-24(29(35)36)25(16-34)30(37)38/h3-10,17-18,24-25H,11-13,15-16H2,1-2H3,(H,35,36)(H,37,38). The van der Waals surface area contributed by atoms with Crippen LogP contribution in [0.1, 0.15) is 44.1 Å². The maximum absolute atomic E-state index is 11.7. The number of carboxylic acids is 2. The molecular weight excluding hydrogens is 512 g/mol. The Bertz CT molecular complexity index is 1550. The number of carboxylic acid groups (broad SMARTS) is 2. The number of allylic oxidation sites excluding steroid dienone is 3. The number of hydrogen-bond donors (Lipinski definition) is 2. The van der Waals surface area contributed by atoms with Crippen molar-refractivity contribution in [1.82, 2.24) is 15.0 Å². The molecule has 2 aliphatic rings. The molecule has 3 aromatic rings. The van der Waals surface area contributed by atoms with Crippen LogP contribution in [0.4, 0.5) is 0 Å². The van der Waals surface area contributed by atoms with Gasteiger partial charge in [-0.25, -0.2) is 0 Å². The minimum Gasteiger partial charge on any atom is -0.490 e. The number of benzene rings is 2. The number of ether oxygens (including phenoxy) is 1. The largest absolute Gasteiger partial charge is 0.490 e. The molecule has 0 bridgehead atoms. The third-order valence-corrected chi connectivity index (χ3v) is 7.44. The normalized spacial score (nSPS) is 21.5. The van der Waals surface area contributed by atoms with E-state index < -0.39 is 23.8 Å². The third kappa shape index (κ3) is 5.46. The average Bonchev–Trinajstić information content (AvgIpc) is 3.43. The summed E-state index contributed by atoms with van der Waals surface area (Å²) in [5, 5.41) is 34.8. The van der Waals surface area contributed by atoms with Crippen LogP contribution >= 0.6 is 0 Å². The molecule has 10 heteroatoms. The number of likely N-dealkylation sites (tertiary alicyclic amines) is 1. The van der Waals surface area contributed by atoms with Crippen molar-refractivity contribution in [3.8, 4) is 17.5 Å². The SMILES string of the molecule is CC(C)OC1=C(C#N)CC(c2nc(-c3ccc(CN4CCC(C(=O)O)C(C(=O)O)C4)c4ccccc34)no2)C=C1. The quantitative estimate of drug-likeness (QED) is 0.408. The fraction of sp³-hybridized carbons (Fsp3) is 0.367. The lowest BCUT2D eigenvalue weighted by Gasteiger charge is -2.34. The summed E-state index contributed by atoms with van der Waals surface area (Å²) in [5.41, 5.74) is 2.33. The highest BCUT2D eigenvalue weighted by atomic mass is 16.5. The molecule has 1 saturated heterocycles. The minimum atomic E-state index is -1.08. The van der Waals surface area contributed by atoms with Crippen molar-refractivity contribution in [1.29, 1.82) is 5.26 Å². The van der Waals surface area contributed by atoms with Crippen molar-refractivity contribution in [2.75, 3.05) is 13.1 Å². The minimum absolute atomic E-state index is 0.0408.